The van der Waals surface area contributed by atoms with Crippen LogP contribution in [0.25, 0.3) is 16.8 Å². The number of carbonyl (C=O) groups is 1. The fourth-order valence-corrected chi connectivity index (χ4v) is 5.25. The first-order valence-corrected chi connectivity index (χ1v) is 11.0. The highest BCUT2D eigenvalue weighted by Gasteiger charge is 2.49. The van der Waals surface area contributed by atoms with Crippen molar-refractivity contribution in [3.05, 3.63) is 77.3 Å². The Morgan fingerprint density at radius 3 is 2.66 bits per heavy atom. The van der Waals surface area contributed by atoms with Crippen molar-refractivity contribution in [3.63, 3.8) is 0 Å². The second kappa shape index (κ2) is 8.29. The summed E-state index contributed by atoms with van der Waals surface area (Å²) < 4.78 is 0. The van der Waals surface area contributed by atoms with Crippen LogP contribution >= 0.6 is 0 Å². The normalized spacial score (nSPS) is 24.8. The topological polar surface area (TPSA) is 86.9 Å². The minimum Gasteiger partial charge on any atom is -0.392 e. The molecule has 0 saturated heterocycles. The van der Waals surface area contributed by atoms with Crippen LogP contribution in [0.3, 0.4) is 0 Å². The second-order valence-corrected chi connectivity index (χ2v) is 8.78. The van der Waals surface area contributed by atoms with Gasteiger partial charge in [-0.3, -0.25) is 4.79 Å². The third-order valence-corrected chi connectivity index (χ3v) is 7.04. The molecule has 1 aromatic heterocycles. The molecule has 0 saturated carbocycles. The molecule has 0 radical (unpaired) electrons. The lowest BCUT2D eigenvalue weighted by Gasteiger charge is -2.45. The van der Waals surface area contributed by atoms with Crippen LogP contribution < -0.4 is 0 Å². The van der Waals surface area contributed by atoms with E-state index < -0.39 is 5.41 Å². The molecule has 0 spiro atoms. The number of ketones is 1. The molecule has 5 heteroatoms. The van der Waals surface area contributed by atoms with Crippen LogP contribution in [0.1, 0.15) is 49.8 Å². The van der Waals surface area contributed by atoms with Crippen molar-refractivity contribution in [1.82, 2.24) is 9.97 Å². The number of benzene rings is 1. The van der Waals surface area contributed by atoms with Crippen LogP contribution in [0.15, 0.2) is 54.6 Å². The van der Waals surface area contributed by atoms with Crippen molar-refractivity contribution in [2.24, 2.45) is 11.8 Å². The first-order chi connectivity index (χ1) is 15.4. The van der Waals surface area contributed by atoms with E-state index in [0.717, 1.165) is 46.5 Å². The molecule has 1 aromatic carbocycles. The fourth-order valence-electron chi connectivity index (χ4n) is 5.25. The maximum Gasteiger partial charge on any atom is 0.176 e. The van der Waals surface area contributed by atoms with Gasteiger partial charge in [0.1, 0.15) is 6.07 Å². The van der Waals surface area contributed by atoms with Crippen molar-refractivity contribution in [1.29, 1.82) is 5.26 Å². The van der Waals surface area contributed by atoms with Crippen LogP contribution in [-0.2, 0) is 23.2 Å². The SMILES string of the molecule is C=C/C(=C\C)c1nc(-c2ccc(CO)cc2)c2c(n1)[C@]1(C)C=C(C#N)C(=O)[C@H](C)[C@H]1CC2. The van der Waals surface area contributed by atoms with E-state index in [9.17, 15) is 15.2 Å². The maximum absolute atomic E-state index is 12.7. The monoisotopic (exact) mass is 425 g/mol. The number of aliphatic hydroxyl groups excluding tert-OH is 1. The van der Waals surface area contributed by atoms with Gasteiger partial charge in [-0.25, -0.2) is 9.97 Å². The number of fused-ring (bicyclic) bond motifs is 3. The van der Waals surface area contributed by atoms with Gasteiger partial charge >= 0.3 is 0 Å². The number of hydrogen-bond acceptors (Lipinski definition) is 5. The van der Waals surface area contributed by atoms with Gasteiger partial charge in [-0.2, -0.15) is 5.26 Å². The van der Waals surface area contributed by atoms with Crippen LogP contribution in [0.4, 0.5) is 0 Å². The number of allylic oxidation sites excluding steroid dienone is 5. The summed E-state index contributed by atoms with van der Waals surface area (Å²) in [5.41, 5.74) is 5.09. The number of nitrogens with zero attached hydrogens (tertiary/aromatic N) is 3. The lowest BCUT2D eigenvalue weighted by molar-refractivity contribution is -0.121. The number of carbonyl (C=O) groups excluding carboxylic acids is 1. The highest BCUT2D eigenvalue weighted by molar-refractivity contribution is 6.02. The van der Waals surface area contributed by atoms with Gasteiger partial charge in [0.25, 0.3) is 0 Å². The van der Waals surface area contributed by atoms with E-state index in [1.807, 2.05) is 50.3 Å². The predicted molar refractivity (Wildman–Crippen MR) is 124 cm³/mol. The Morgan fingerprint density at radius 2 is 2.06 bits per heavy atom. The summed E-state index contributed by atoms with van der Waals surface area (Å²) in [4.78, 5) is 22.6. The highest BCUT2D eigenvalue weighted by atomic mass is 16.3. The lowest BCUT2D eigenvalue weighted by Crippen LogP contribution is -2.46. The number of rotatable bonds is 4. The third kappa shape index (κ3) is 3.32. The van der Waals surface area contributed by atoms with Crippen molar-refractivity contribution in [2.75, 3.05) is 0 Å². The van der Waals surface area contributed by atoms with Crippen LogP contribution in [0.5, 0.6) is 0 Å². The van der Waals surface area contributed by atoms with Gasteiger partial charge in [-0.05, 0) is 31.2 Å². The fraction of sp³-hybridized carbons (Fsp3) is 0.333. The number of hydrogen-bond donors (Lipinski definition) is 1. The Bertz CT molecular complexity index is 1200. The van der Waals surface area contributed by atoms with Crippen LogP contribution in [-0.4, -0.2) is 20.9 Å². The molecule has 0 unspecified atom stereocenters. The molecule has 4 rings (SSSR count). The van der Waals surface area contributed by atoms with E-state index in [-0.39, 0.29) is 29.8 Å². The van der Waals surface area contributed by atoms with Crippen LogP contribution in [0.2, 0.25) is 0 Å². The number of aromatic nitrogens is 2. The van der Waals surface area contributed by atoms with Gasteiger partial charge in [0, 0.05) is 28.0 Å². The third-order valence-electron chi connectivity index (χ3n) is 7.04. The van der Waals surface area contributed by atoms with Gasteiger partial charge in [-0.15, -0.1) is 0 Å². The van der Waals surface area contributed by atoms with Gasteiger partial charge in [0.15, 0.2) is 11.6 Å². The summed E-state index contributed by atoms with van der Waals surface area (Å²) in [6.07, 6.45) is 7.09. The average Bonchev–Trinajstić information content (AvgIpc) is 2.82. The summed E-state index contributed by atoms with van der Waals surface area (Å²) in [5, 5.41) is 19.0. The molecule has 32 heavy (non-hydrogen) atoms. The molecular formula is C27H27N3O2. The Hall–Kier alpha value is -3.36. The zero-order valence-corrected chi connectivity index (χ0v) is 18.7. The maximum atomic E-state index is 12.7. The van der Waals surface area contributed by atoms with E-state index in [1.54, 1.807) is 6.08 Å². The molecule has 0 amide bonds. The minimum absolute atomic E-state index is 0.0139. The Balaban J connectivity index is 2.02. The van der Waals surface area contributed by atoms with Gasteiger partial charge in [0.05, 0.1) is 23.6 Å². The molecule has 2 aromatic rings. The van der Waals surface area contributed by atoms with E-state index in [1.165, 1.54) is 0 Å². The molecule has 0 bridgehead atoms. The summed E-state index contributed by atoms with van der Waals surface area (Å²) in [5.74, 6) is 0.345. The molecule has 2 aliphatic carbocycles. The van der Waals surface area contributed by atoms with E-state index in [2.05, 4.69) is 19.6 Å². The summed E-state index contributed by atoms with van der Waals surface area (Å²) in [7, 11) is 0. The lowest BCUT2D eigenvalue weighted by atomic mass is 9.57. The number of nitriles is 1. The second-order valence-electron chi connectivity index (χ2n) is 8.78. The summed E-state index contributed by atoms with van der Waals surface area (Å²) >= 11 is 0. The minimum atomic E-state index is -0.538. The Morgan fingerprint density at radius 1 is 1.34 bits per heavy atom. The number of Topliss-reactive ketones (excluding diaryl/α,β-unsaturated/α-hetero) is 1. The van der Waals surface area contributed by atoms with Crippen molar-refractivity contribution < 1.29 is 9.90 Å². The average molecular weight is 426 g/mol. The smallest absolute Gasteiger partial charge is 0.176 e. The Kier molecular flexibility index (Phi) is 5.66. The van der Waals surface area contributed by atoms with E-state index in [4.69, 9.17) is 9.97 Å². The van der Waals surface area contributed by atoms with Crippen molar-refractivity contribution >= 4 is 11.4 Å². The summed E-state index contributed by atoms with van der Waals surface area (Å²) in [6, 6.07) is 9.85. The molecular weight excluding hydrogens is 398 g/mol. The molecule has 1 heterocycles. The van der Waals surface area contributed by atoms with Crippen molar-refractivity contribution in [2.45, 2.75) is 45.6 Å². The first-order valence-electron chi connectivity index (χ1n) is 11.0. The number of aliphatic hydroxyl groups is 1. The van der Waals surface area contributed by atoms with Gasteiger partial charge in [0.2, 0.25) is 0 Å². The van der Waals surface area contributed by atoms with Gasteiger partial charge in [-0.1, -0.05) is 62.9 Å². The zero-order valence-electron chi connectivity index (χ0n) is 18.7. The largest absolute Gasteiger partial charge is 0.392 e. The molecule has 2 aliphatic rings. The molecule has 0 aliphatic heterocycles. The molecule has 3 atom stereocenters. The zero-order chi connectivity index (χ0) is 23.0. The standard InChI is InChI=1S/C27H27N3O2/c1-5-18(6-2)26-29-23(19-9-7-17(15-31)8-10-19)21-11-12-22-16(3)24(32)20(14-28)13-27(22,4)25(21)30-26/h5-10,13,16,22,31H,1,11-12,15H2,2-4H3/b18-6+/t16-,22-,27-/m1/s1. The first kappa shape index (κ1) is 21.9. The molecule has 1 N–H and O–H groups in total. The van der Waals surface area contributed by atoms with Crippen LogP contribution in [0, 0.1) is 23.2 Å². The quantitative estimate of drug-likeness (QED) is 0.717. The predicted octanol–water partition coefficient (Wildman–Crippen LogP) is 4.71. The molecule has 5 nitrogen and oxygen atoms in total. The summed E-state index contributed by atoms with van der Waals surface area (Å²) in [6.45, 7) is 9.85. The Labute approximate surface area is 188 Å². The van der Waals surface area contributed by atoms with E-state index >= 15 is 0 Å². The highest BCUT2D eigenvalue weighted by Crippen LogP contribution is 2.50. The molecule has 0 fully saturated rings. The van der Waals surface area contributed by atoms with Crippen molar-refractivity contribution in [3.8, 4) is 17.3 Å². The van der Waals surface area contributed by atoms with E-state index in [0.29, 0.717) is 5.82 Å². The van der Waals surface area contributed by atoms with Gasteiger partial charge < -0.3 is 5.11 Å². The molecule has 162 valence electrons.